The summed E-state index contributed by atoms with van der Waals surface area (Å²) < 4.78 is 7.26. The predicted octanol–water partition coefficient (Wildman–Crippen LogP) is 2.51. The summed E-state index contributed by atoms with van der Waals surface area (Å²) in [5.41, 5.74) is 1.87. The Balaban J connectivity index is 1.82. The van der Waals surface area contributed by atoms with Gasteiger partial charge >= 0.3 is 0 Å². The average Bonchev–Trinajstić information content (AvgIpc) is 3.10. The van der Waals surface area contributed by atoms with Crippen LogP contribution in [0.25, 0.3) is 5.65 Å². The molecule has 0 N–H and O–H groups in total. The summed E-state index contributed by atoms with van der Waals surface area (Å²) in [5, 5.41) is 11.9. The molecule has 3 heterocycles. The van der Waals surface area contributed by atoms with Crippen LogP contribution in [-0.4, -0.2) is 38.7 Å². The molecule has 7 heteroatoms. The molecular weight excluding hydrogens is 304 g/mol. The number of nitrogens with zero attached hydrogens (tertiary/aromatic N) is 6. The Hall–Kier alpha value is -2.70. The molecule has 0 bridgehead atoms. The summed E-state index contributed by atoms with van der Waals surface area (Å²) in [4.78, 5) is 6.91. The molecule has 2 atom stereocenters. The van der Waals surface area contributed by atoms with Gasteiger partial charge in [0.05, 0.1) is 19.3 Å². The maximum Gasteiger partial charge on any atom is 0.222 e. The third-order valence-corrected chi connectivity index (χ3v) is 4.68. The van der Waals surface area contributed by atoms with Gasteiger partial charge in [-0.1, -0.05) is 25.1 Å². The first kappa shape index (κ1) is 14.9. The third kappa shape index (κ3) is 2.46. The van der Waals surface area contributed by atoms with Crippen LogP contribution >= 0.6 is 0 Å². The number of rotatable bonds is 3. The van der Waals surface area contributed by atoms with Gasteiger partial charge in [-0.05, 0) is 35.3 Å². The highest BCUT2D eigenvalue weighted by Gasteiger charge is 2.31. The van der Waals surface area contributed by atoms with Crippen LogP contribution in [0.3, 0.4) is 0 Å². The molecule has 0 spiro atoms. The van der Waals surface area contributed by atoms with Gasteiger partial charge in [0, 0.05) is 18.3 Å². The van der Waals surface area contributed by atoms with Crippen molar-refractivity contribution in [2.75, 3.05) is 18.6 Å². The van der Waals surface area contributed by atoms with Crippen LogP contribution in [0, 0.1) is 5.92 Å². The molecule has 1 fully saturated rings. The Kier molecular flexibility index (Phi) is 3.76. The van der Waals surface area contributed by atoms with Gasteiger partial charge in [-0.3, -0.25) is 0 Å². The van der Waals surface area contributed by atoms with Crippen molar-refractivity contribution in [2.24, 2.45) is 5.92 Å². The van der Waals surface area contributed by atoms with E-state index in [-0.39, 0.29) is 6.04 Å². The van der Waals surface area contributed by atoms with Crippen LogP contribution in [0.5, 0.6) is 5.75 Å². The molecule has 2 aromatic heterocycles. The highest BCUT2D eigenvalue weighted by molar-refractivity contribution is 5.64. The highest BCUT2D eigenvalue weighted by Crippen LogP contribution is 2.40. The summed E-state index contributed by atoms with van der Waals surface area (Å²) in [7, 11) is 1.72. The third-order valence-electron chi connectivity index (χ3n) is 4.68. The van der Waals surface area contributed by atoms with E-state index < -0.39 is 0 Å². The van der Waals surface area contributed by atoms with Crippen LogP contribution in [0.4, 0.5) is 5.82 Å². The van der Waals surface area contributed by atoms with Gasteiger partial charge in [0.1, 0.15) is 5.75 Å². The lowest BCUT2D eigenvalue weighted by Crippen LogP contribution is -2.38. The summed E-state index contributed by atoms with van der Waals surface area (Å²) in [5.74, 6) is 2.33. The Bertz CT molecular complexity index is 848. The van der Waals surface area contributed by atoms with Gasteiger partial charge in [0.2, 0.25) is 5.65 Å². The zero-order valence-corrected chi connectivity index (χ0v) is 13.8. The minimum atomic E-state index is 0.202. The SMILES string of the molecule is COc1ccccc1[C@@H]1CC[C@@H](C)CN1c1nccn2nnnc12. The molecule has 0 unspecified atom stereocenters. The Labute approximate surface area is 140 Å². The molecule has 1 saturated heterocycles. The summed E-state index contributed by atoms with van der Waals surface area (Å²) in [6, 6.07) is 8.40. The van der Waals surface area contributed by atoms with E-state index >= 15 is 0 Å². The molecule has 0 radical (unpaired) electrons. The second kappa shape index (κ2) is 6.07. The number of fused-ring (bicyclic) bond motifs is 1. The van der Waals surface area contributed by atoms with Crippen molar-refractivity contribution in [3.8, 4) is 5.75 Å². The number of para-hydroxylation sites is 1. The maximum atomic E-state index is 5.59. The smallest absolute Gasteiger partial charge is 0.222 e. The van der Waals surface area contributed by atoms with Gasteiger partial charge < -0.3 is 9.64 Å². The standard InChI is InChI=1S/C17H20N6O/c1-12-7-8-14(13-5-3-4-6-15(13)24-2)22(11-12)16-17-19-20-21-23(17)10-9-18-16/h3-6,9-10,12,14H,7-8,11H2,1-2H3/t12-,14+/m1/s1. The lowest BCUT2D eigenvalue weighted by atomic mass is 9.89. The molecule has 3 aromatic rings. The van der Waals surface area contributed by atoms with Crippen molar-refractivity contribution >= 4 is 11.5 Å². The van der Waals surface area contributed by atoms with Crippen LogP contribution in [0.2, 0.25) is 0 Å². The van der Waals surface area contributed by atoms with E-state index in [4.69, 9.17) is 4.74 Å². The van der Waals surface area contributed by atoms with E-state index in [0.29, 0.717) is 11.6 Å². The van der Waals surface area contributed by atoms with Crippen LogP contribution in [0.15, 0.2) is 36.7 Å². The first-order valence-corrected chi connectivity index (χ1v) is 8.20. The number of tetrazole rings is 1. The monoisotopic (exact) mass is 324 g/mol. The van der Waals surface area contributed by atoms with E-state index in [2.05, 4.69) is 44.5 Å². The first-order chi connectivity index (χ1) is 11.8. The Morgan fingerprint density at radius 1 is 1.21 bits per heavy atom. The summed E-state index contributed by atoms with van der Waals surface area (Å²) >= 11 is 0. The second-order valence-corrected chi connectivity index (χ2v) is 6.29. The molecule has 1 aromatic carbocycles. The predicted molar refractivity (Wildman–Crippen MR) is 90.1 cm³/mol. The molecule has 0 amide bonds. The molecule has 124 valence electrons. The van der Waals surface area contributed by atoms with Crippen LogP contribution in [0.1, 0.15) is 31.4 Å². The Morgan fingerprint density at radius 2 is 2.08 bits per heavy atom. The van der Waals surface area contributed by atoms with Crippen molar-refractivity contribution in [3.63, 3.8) is 0 Å². The molecule has 7 nitrogen and oxygen atoms in total. The number of anilines is 1. The van der Waals surface area contributed by atoms with Gasteiger partial charge in [0.15, 0.2) is 5.82 Å². The number of hydrogen-bond acceptors (Lipinski definition) is 6. The van der Waals surface area contributed by atoms with Gasteiger partial charge in [-0.2, -0.15) is 4.52 Å². The van der Waals surface area contributed by atoms with E-state index in [1.165, 1.54) is 12.0 Å². The largest absolute Gasteiger partial charge is 0.496 e. The molecule has 4 rings (SSSR count). The molecule has 0 saturated carbocycles. The van der Waals surface area contributed by atoms with E-state index in [9.17, 15) is 0 Å². The maximum absolute atomic E-state index is 5.59. The van der Waals surface area contributed by atoms with E-state index in [0.717, 1.165) is 24.5 Å². The van der Waals surface area contributed by atoms with Crippen LogP contribution < -0.4 is 9.64 Å². The number of methoxy groups -OCH3 is 1. The zero-order chi connectivity index (χ0) is 16.5. The second-order valence-electron chi connectivity index (χ2n) is 6.29. The number of piperidine rings is 1. The molecule has 1 aliphatic rings. The van der Waals surface area contributed by atoms with E-state index in [1.54, 1.807) is 24.0 Å². The topological polar surface area (TPSA) is 68.4 Å². The van der Waals surface area contributed by atoms with Crippen LogP contribution in [-0.2, 0) is 0 Å². The Morgan fingerprint density at radius 3 is 2.96 bits per heavy atom. The zero-order valence-electron chi connectivity index (χ0n) is 13.8. The fourth-order valence-electron chi connectivity index (χ4n) is 3.52. The highest BCUT2D eigenvalue weighted by atomic mass is 16.5. The molecule has 24 heavy (non-hydrogen) atoms. The first-order valence-electron chi connectivity index (χ1n) is 8.20. The van der Waals surface area contributed by atoms with Gasteiger partial charge in [0.25, 0.3) is 0 Å². The van der Waals surface area contributed by atoms with Crippen molar-refractivity contribution in [3.05, 3.63) is 42.2 Å². The minimum absolute atomic E-state index is 0.202. The average molecular weight is 324 g/mol. The van der Waals surface area contributed by atoms with Gasteiger partial charge in [-0.15, -0.1) is 5.10 Å². The quantitative estimate of drug-likeness (QED) is 0.737. The van der Waals surface area contributed by atoms with E-state index in [1.807, 2.05) is 12.1 Å². The van der Waals surface area contributed by atoms with Crippen molar-refractivity contribution < 1.29 is 4.74 Å². The van der Waals surface area contributed by atoms with Gasteiger partial charge in [-0.25, -0.2) is 4.98 Å². The lowest BCUT2D eigenvalue weighted by molar-refractivity contribution is 0.360. The number of benzene rings is 1. The summed E-state index contributed by atoms with van der Waals surface area (Å²) in [6.07, 6.45) is 5.74. The lowest BCUT2D eigenvalue weighted by Gasteiger charge is -2.40. The fraction of sp³-hybridized carbons (Fsp3) is 0.412. The fourth-order valence-corrected chi connectivity index (χ4v) is 3.52. The van der Waals surface area contributed by atoms with Crippen molar-refractivity contribution in [1.82, 2.24) is 25.0 Å². The number of hydrogen-bond donors (Lipinski definition) is 0. The van der Waals surface area contributed by atoms with Crippen molar-refractivity contribution in [1.29, 1.82) is 0 Å². The molecule has 1 aliphatic heterocycles. The normalized spacial score (nSPS) is 21.2. The number of aromatic nitrogens is 5. The number of ether oxygens (including phenoxy) is 1. The molecule has 0 aliphatic carbocycles. The van der Waals surface area contributed by atoms with Crippen molar-refractivity contribution in [2.45, 2.75) is 25.8 Å². The summed E-state index contributed by atoms with van der Waals surface area (Å²) in [6.45, 7) is 3.19. The molecular formula is C17H20N6O. The minimum Gasteiger partial charge on any atom is -0.496 e.